The number of fused-ring (bicyclic) bond motifs is 5. The maximum absolute atomic E-state index is 12.7. The maximum Gasteiger partial charge on any atom is 0.305 e. The average Bonchev–Trinajstić information content (AvgIpc) is 2.95. The van der Waals surface area contributed by atoms with E-state index in [1.807, 2.05) is 24.3 Å². The van der Waals surface area contributed by atoms with E-state index in [0.717, 1.165) is 21.9 Å². The van der Waals surface area contributed by atoms with E-state index in [-0.39, 0.29) is 18.2 Å². The third-order valence-electron chi connectivity index (χ3n) is 6.01. The van der Waals surface area contributed by atoms with E-state index in [1.165, 1.54) is 19.3 Å². The summed E-state index contributed by atoms with van der Waals surface area (Å²) in [5.74, 6) is 1.93. The first-order chi connectivity index (χ1) is 11.0. The van der Waals surface area contributed by atoms with Gasteiger partial charge in [-0.3, -0.25) is 9.59 Å². The van der Waals surface area contributed by atoms with Crippen molar-refractivity contribution in [2.24, 2.45) is 29.6 Å². The van der Waals surface area contributed by atoms with Crippen molar-refractivity contribution in [3.8, 4) is 0 Å². The third-order valence-corrected chi connectivity index (χ3v) is 6.53. The van der Waals surface area contributed by atoms with Crippen LogP contribution in [0.3, 0.4) is 0 Å². The molecule has 5 heteroatoms. The summed E-state index contributed by atoms with van der Waals surface area (Å²) in [6, 6.07) is 7.04. The summed E-state index contributed by atoms with van der Waals surface area (Å²) in [5.41, 5.74) is 0.845. The predicted octanol–water partition coefficient (Wildman–Crippen LogP) is 3.37. The molecule has 3 aliphatic carbocycles. The van der Waals surface area contributed by atoms with Gasteiger partial charge in [0.2, 0.25) is 5.91 Å². The molecule has 2 bridgehead atoms. The number of rotatable bonds is 5. The number of nitrogens with one attached hydrogen (secondary N) is 1. The normalized spacial score (nSPS) is 34.7. The second-order valence-electron chi connectivity index (χ2n) is 7.22. The molecule has 2 N–H and O–H groups in total. The number of amides is 1. The lowest BCUT2D eigenvalue weighted by atomic mass is 10.00. The number of hydrogen-bond acceptors (Lipinski definition) is 2. The Balaban J connectivity index is 1.46. The van der Waals surface area contributed by atoms with Crippen molar-refractivity contribution in [1.29, 1.82) is 0 Å². The molecule has 3 saturated carbocycles. The van der Waals surface area contributed by atoms with Gasteiger partial charge in [-0.1, -0.05) is 28.1 Å². The summed E-state index contributed by atoms with van der Waals surface area (Å²) in [5, 5.41) is 12.2. The molecule has 5 atom stereocenters. The molecule has 3 fully saturated rings. The SMILES string of the molecule is O=C(O)CC(NC(=O)C1C2C3CCC(C3)C12)c1ccc(Br)cc1. The summed E-state index contributed by atoms with van der Waals surface area (Å²) in [6.07, 6.45) is 3.79. The predicted molar refractivity (Wildman–Crippen MR) is 88.6 cm³/mol. The zero-order chi connectivity index (χ0) is 16.1. The van der Waals surface area contributed by atoms with Gasteiger partial charge < -0.3 is 10.4 Å². The first kappa shape index (κ1) is 15.2. The Morgan fingerprint density at radius 3 is 2.35 bits per heavy atom. The molecule has 1 aromatic rings. The Hall–Kier alpha value is -1.36. The molecule has 23 heavy (non-hydrogen) atoms. The number of aliphatic carboxylic acids is 1. The molecule has 4 nitrogen and oxygen atoms in total. The van der Waals surface area contributed by atoms with Crippen molar-refractivity contribution in [3.63, 3.8) is 0 Å². The van der Waals surface area contributed by atoms with Gasteiger partial charge in [-0.05, 0) is 60.6 Å². The zero-order valence-corrected chi connectivity index (χ0v) is 14.3. The van der Waals surface area contributed by atoms with E-state index < -0.39 is 12.0 Å². The van der Waals surface area contributed by atoms with Gasteiger partial charge in [-0.2, -0.15) is 0 Å². The highest BCUT2D eigenvalue weighted by atomic mass is 79.9. The number of hydrogen-bond donors (Lipinski definition) is 2. The monoisotopic (exact) mass is 377 g/mol. The van der Waals surface area contributed by atoms with Crippen LogP contribution < -0.4 is 5.32 Å². The molecule has 3 aliphatic rings. The first-order valence-electron chi connectivity index (χ1n) is 8.32. The van der Waals surface area contributed by atoms with Gasteiger partial charge in [0.15, 0.2) is 0 Å². The molecule has 1 amide bonds. The molecule has 0 radical (unpaired) electrons. The molecule has 0 spiro atoms. The molecular weight excluding hydrogens is 358 g/mol. The lowest BCUT2D eigenvalue weighted by Crippen LogP contribution is -2.33. The number of carboxylic acid groups (broad SMARTS) is 1. The Labute approximate surface area is 143 Å². The fourth-order valence-corrected chi connectivity index (χ4v) is 5.33. The minimum atomic E-state index is -0.894. The van der Waals surface area contributed by atoms with Gasteiger partial charge in [0, 0.05) is 10.4 Å². The molecule has 1 aromatic carbocycles. The molecular formula is C18H20BrNO3. The highest BCUT2D eigenvalue weighted by Gasteiger charge is 2.67. The van der Waals surface area contributed by atoms with Gasteiger partial charge in [0.05, 0.1) is 12.5 Å². The van der Waals surface area contributed by atoms with Crippen molar-refractivity contribution in [1.82, 2.24) is 5.32 Å². The quantitative estimate of drug-likeness (QED) is 0.826. The number of carbonyl (C=O) groups is 2. The van der Waals surface area contributed by atoms with Gasteiger partial charge >= 0.3 is 5.97 Å². The fraction of sp³-hybridized carbons (Fsp3) is 0.556. The van der Waals surface area contributed by atoms with E-state index in [1.54, 1.807) is 0 Å². The summed E-state index contributed by atoms with van der Waals surface area (Å²) >= 11 is 3.38. The first-order valence-corrected chi connectivity index (χ1v) is 9.11. The average molecular weight is 378 g/mol. The van der Waals surface area contributed by atoms with Crippen LogP contribution in [0.15, 0.2) is 28.7 Å². The van der Waals surface area contributed by atoms with Crippen LogP contribution >= 0.6 is 15.9 Å². The molecule has 4 rings (SSSR count). The van der Waals surface area contributed by atoms with Gasteiger partial charge in [0.25, 0.3) is 0 Å². The second kappa shape index (κ2) is 5.62. The van der Waals surface area contributed by atoms with Gasteiger partial charge in [-0.25, -0.2) is 0 Å². The van der Waals surface area contributed by atoms with Gasteiger partial charge in [0.1, 0.15) is 0 Å². The van der Waals surface area contributed by atoms with Crippen LogP contribution in [-0.2, 0) is 9.59 Å². The van der Waals surface area contributed by atoms with E-state index in [0.29, 0.717) is 11.8 Å². The van der Waals surface area contributed by atoms with Gasteiger partial charge in [-0.15, -0.1) is 0 Å². The number of benzene rings is 1. The fourth-order valence-electron chi connectivity index (χ4n) is 5.07. The Morgan fingerprint density at radius 1 is 1.17 bits per heavy atom. The van der Waals surface area contributed by atoms with Crippen LogP contribution in [0.2, 0.25) is 0 Å². The van der Waals surface area contributed by atoms with E-state index in [4.69, 9.17) is 5.11 Å². The molecule has 5 unspecified atom stereocenters. The van der Waals surface area contributed by atoms with E-state index in [9.17, 15) is 9.59 Å². The molecule has 0 heterocycles. The summed E-state index contributed by atoms with van der Waals surface area (Å²) in [4.78, 5) is 23.8. The summed E-state index contributed by atoms with van der Waals surface area (Å²) in [6.45, 7) is 0. The maximum atomic E-state index is 12.7. The smallest absolute Gasteiger partial charge is 0.305 e. The topological polar surface area (TPSA) is 66.4 Å². The van der Waals surface area contributed by atoms with E-state index >= 15 is 0 Å². The minimum absolute atomic E-state index is 0.0609. The molecule has 0 aliphatic heterocycles. The van der Waals surface area contributed by atoms with Crippen LogP contribution in [0.5, 0.6) is 0 Å². The lowest BCUT2D eigenvalue weighted by molar-refractivity contribution is -0.137. The Bertz CT molecular complexity index is 628. The second-order valence-corrected chi connectivity index (χ2v) is 8.14. The standard InChI is InChI=1S/C18H20BrNO3/c19-12-5-3-9(4-6-12)13(8-14(21)22)20-18(23)17-15-10-1-2-11(7-10)16(15)17/h3-6,10-11,13,15-17H,1-2,7-8H2,(H,20,23)(H,21,22). The van der Waals surface area contributed by atoms with Crippen molar-refractivity contribution in [3.05, 3.63) is 34.3 Å². The van der Waals surface area contributed by atoms with Crippen LogP contribution in [0, 0.1) is 29.6 Å². The van der Waals surface area contributed by atoms with Crippen LogP contribution in [0.1, 0.15) is 37.3 Å². The van der Waals surface area contributed by atoms with Crippen molar-refractivity contribution >= 4 is 27.8 Å². The van der Waals surface area contributed by atoms with Crippen molar-refractivity contribution in [2.45, 2.75) is 31.7 Å². The number of carbonyl (C=O) groups excluding carboxylic acids is 1. The van der Waals surface area contributed by atoms with Crippen LogP contribution in [0.25, 0.3) is 0 Å². The molecule has 0 aromatic heterocycles. The van der Waals surface area contributed by atoms with Crippen molar-refractivity contribution in [2.75, 3.05) is 0 Å². The highest BCUT2D eigenvalue weighted by molar-refractivity contribution is 9.10. The largest absolute Gasteiger partial charge is 0.481 e. The number of halogens is 1. The Kier molecular flexibility index (Phi) is 3.71. The lowest BCUT2D eigenvalue weighted by Gasteiger charge is -2.19. The van der Waals surface area contributed by atoms with E-state index in [2.05, 4.69) is 21.2 Å². The Morgan fingerprint density at radius 2 is 1.78 bits per heavy atom. The minimum Gasteiger partial charge on any atom is -0.481 e. The highest BCUT2D eigenvalue weighted by Crippen LogP contribution is 2.69. The zero-order valence-electron chi connectivity index (χ0n) is 12.7. The third kappa shape index (κ3) is 2.69. The van der Waals surface area contributed by atoms with Crippen LogP contribution in [-0.4, -0.2) is 17.0 Å². The van der Waals surface area contributed by atoms with Crippen molar-refractivity contribution < 1.29 is 14.7 Å². The summed E-state index contributed by atoms with van der Waals surface area (Å²) in [7, 11) is 0. The molecule has 0 saturated heterocycles. The summed E-state index contributed by atoms with van der Waals surface area (Å²) < 4.78 is 0.940. The number of carboxylic acids is 1. The molecule has 122 valence electrons. The van der Waals surface area contributed by atoms with Crippen LogP contribution in [0.4, 0.5) is 0 Å².